The molecule has 1 unspecified atom stereocenters. The Bertz CT molecular complexity index is 852. The van der Waals surface area contributed by atoms with Crippen LogP contribution in [-0.4, -0.2) is 23.8 Å². The lowest BCUT2D eigenvalue weighted by molar-refractivity contribution is -0.127. The number of nitriles is 1. The molecule has 0 saturated heterocycles. The molecule has 2 heterocycles. The van der Waals surface area contributed by atoms with Crippen molar-refractivity contribution in [2.75, 3.05) is 7.05 Å². The highest BCUT2D eigenvalue weighted by Crippen LogP contribution is 2.41. The number of nitrogens with two attached hydrogens (primary N) is 1. The van der Waals surface area contributed by atoms with Crippen LogP contribution in [0.1, 0.15) is 22.9 Å². The number of aliphatic imine (C=N–C) groups is 1. The van der Waals surface area contributed by atoms with Gasteiger partial charge < -0.3 is 5.73 Å². The Hall–Kier alpha value is -2.17. The fraction of sp³-hybridized carbons (Fsp3) is 0.188. The number of nitrogens with zero attached hydrogens (tertiary/aromatic N) is 3. The zero-order valence-corrected chi connectivity index (χ0v) is 14.7. The summed E-state index contributed by atoms with van der Waals surface area (Å²) in [5, 5.41) is 9.04. The average molecular weight is 389 g/mol. The Morgan fingerprint density at radius 2 is 2.26 bits per heavy atom. The molecule has 0 spiro atoms. The minimum absolute atomic E-state index is 0.0416. The van der Waals surface area contributed by atoms with Crippen molar-refractivity contribution < 1.29 is 4.79 Å². The van der Waals surface area contributed by atoms with E-state index in [0.717, 1.165) is 19.8 Å². The van der Waals surface area contributed by atoms with E-state index in [1.165, 1.54) is 16.2 Å². The SMILES string of the molecule is CN1C(=O)CC(c2cc(-c3cccc(C#N)c3)c(Br)s2)N=C1N. The molecule has 116 valence electrons. The summed E-state index contributed by atoms with van der Waals surface area (Å²) in [7, 11) is 1.63. The van der Waals surface area contributed by atoms with Crippen LogP contribution in [0.4, 0.5) is 0 Å². The Morgan fingerprint density at radius 1 is 1.48 bits per heavy atom. The molecular formula is C16H13BrN4OS. The van der Waals surface area contributed by atoms with Crippen LogP contribution in [0.25, 0.3) is 11.1 Å². The molecule has 0 aliphatic carbocycles. The van der Waals surface area contributed by atoms with Crippen molar-refractivity contribution in [3.63, 3.8) is 0 Å². The lowest BCUT2D eigenvalue weighted by Gasteiger charge is -2.24. The maximum absolute atomic E-state index is 12.0. The maximum atomic E-state index is 12.0. The van der Waals surface area contributed by atoms with E-state index in [0.29, 0.717) is 12.0 Å². The van der Waals surface area contributed by atoms with Gasteiger partial charge in [-0.2, -0.15) is 5.26 Å². The number of carbonyl (C=O) groups is 1. The summed E-state index contributed by atoms with van der Waals surface area (Å²) in [5.74, 6) is 0.198. The van der Waals surface area contributed by atoms with E-state index in [1.54, 1.807) is 13.1 Å². The summed E-state index contributed by atoms with van der Waals surface area (Å²) in [6.07, 6.45) is 0.307. The summed E-state index contributed by atoms with van der Waals surface area (Å²) in [4.78, 5) is 18.7. The van der Waals surface area contributed by atoms with Crippen molar-refractivity contribution >= 4 is 39.1 Å². The molecule has 5 nitrogen and oxygen atoms in total. The van der Waals surface area contributed by atoms with Crippen molar-refractivity contribution in [2.24, 2.45) is 10.7 Å². The van der Waals surface area contributed by atoms with Crippen LogP contribution in [0.2, 0.25) is 0 Å². The van der Waals surface area contributed by atoms with Crippen LogP contribution in [0.5, 0.6) is 0 Å². The van der Waals surface area contributed by atoms with E-state index in [2.05, 4.69) is 27.0 Å². The normalized spacial score (nSPS) is 17.8. The van der Waals surface area contributed by atoms with Gasteiger partial charge in [0, 0.05) is 17.5 Å². The van der Waals surface area contributed by atoms with Gasteiger partial charge in [-0.15, -0.1) is 11.3 Å². The minimum atomic E-state index is -0.257. The first-order valence-electron chi connectivity index (χ1n) is 6.89. The highest BCUT2D eigenvalue weighted by molar-refractivity contribution is 9.11. The molecule has 7 heteroatoms. The van der Waals surface area contributed by atoms with Gasteiger partial charge >= 0.3 is 0 Å². The third-order valence-electron chi connectivity index (χ3n) is 3.71. The molecule has 0 fully saturated rings. The second-order valence-electron chi connectivity index (χ2n) is 5.19. The monoisotopic (exact) mass is 388 g/mol. The first kappa shape index (κ1) is 15.7. The van der Waals surface area contributed by atoms with Gasteiger partial charge in [-0.3, -0.25) is 9.69 Å². The molecule has 23 heavy (non-hydrogen) atoms. The number of amides is 1. The van der Waals surface area contributed by atoms with Crippen LogP contribution >= 0.6 is 27.3 Å². The van der Waals surface area contributed by atoms with Gasteiger partial charge in [0.1, 0.15) is 0 Å². The lowest BCUT2D eigenvalue weighted by Crippen LogP contribution is -2.42. The Balaban J connectivity index is 1.99. The van der Waals surface area contributed by atoms with Gasteiger partial charge in [0.2, 0.25) is 5.91 Å². The molecular weight excluding hydrogens is 376 g/mol. The highest BCUT2D eigenvalue weighted by atomic mass is 79.9. The highest BCUT2D eigenvalue weighted by Gasteiger charge is 2.27. The average Bonchev–Trinajstić information content (AvgIpc) is 2.94. The van der Waals surface area contributed by atoms with Crippen molar-refractivity contribution in [1.82, 2.24) is 4.90 Å². The van der Waals surface area contributed by atoms with E-state index >= 15 is 0 Å². The molecule has 1 aromatic heterocycles. The quantitative estimate of drug-likeness (QED) is 0.856. The Morgan fingerprint density at radius 3 is 2.96 bits per heavy atom. The number of rotatable bonds is 2. The van der Waals surface area contributed by atoms with Gasteiger partial charge in [0.15, 0.2) is 5.96 Å². The number of benzene rings is 1. The molecule has 1 aliphatic heterocycles. The van der Waals surface area contributed by atoms with Gasteiger partial charge in [-0.25, -0.2) is 4.99 Å². The van der Waals surface area contributed by atoms with Crippen molar-refractivity contribution in [2.45, 2.75) is 12.5 Å². The molecule has 2 aromatic rings. The first-order valence-corrected chi connectivity index (χ1v) is 8.50. The molecule has 0 saturated carbocycles. The predicted octanol–water partition coefficient (Wildman–Crippen LogP) is 3.27. The van der Waals surface area contributed by atoms with E-state index < -0.39 is 0 Å². The second-order valence-corrected chi connectivity index (χ2v) is 7.59. The molecule has 1 atom stereocenters. The number of guanidine groups is 1. The summed E-state index contributed by atoms with van der Waals surface area (Å²) < 4.78 is 0.947. The number of halogens is 1. The topological polar surface area (TPSA) is 82.5 Å². The van der Waals surface area contributed by atoms with Gasteiger partial charge in [-0.05, 0) is 39.7 Å². The van der Waals surface area contributed by atoms with Gasteiger partial charge in [0.25, 0.3) is 0 Å². The van der Waals surface area contributed by atoms with Crippen LogP contribution < -0.4 is 5.73 Å². The first-order chi connectivity index (χ1) is 11.0. The van der Waals surface area contributed by atoms with E-state index in [1.807, 2.05) is 24.3 Å². The third kappa shape index (κ3) is 3.00. The lowest BCUT2D eigenvalue weighted by atomic mass is 10.0. The van der Waals surface area contributed by atoms with Crippen LogP contribution in [-0.2, 0) is 4.79 Å². The molecule has 3 rings (SSSR count). The standard InChI is InChI=1S/C16H13BrN4OS/c1-21-14(22)7-12(20-16(21)19)13-6-11(15(17)23-13)10-4-2-3-9(5-10)8-18/h2-6,12H,7H2,1H3,(H2,19,20). The summed E-state index contributed by atoms with van der Waals surface area (Å²) in [6.45, 7) is 0. The molecule has 1 amide bonds. The Labute approximate surface area is 146 Å². The van der Waals surface area contributed by atoms with E-state index in [9.17, 15) is 4.79 Å². The van der Waals surface area contributed by atoms with Gasteiger partial charge in [0.05, 0.1) is 27.9 Å². The summed E-state index contributed by atoms with van der Waals surface area (Å²) in [5.41, 5.74) is 8.35. The molecule has 0 bridgehead atoms. The smallest absolute Gasteiger partial charge is 0.231 e. The number of hydrogen-bond acceptors (Lipinski definition) is 5. The largest absolute Gasteiger partial charge is 0.369 e. The van der Waals surface area contributed by atoms with Crippen LogP contribution in [0.15, 0.2) is 39.1 Å². The third-order valence-corrected chi connectivity index (χ3v) is 5.65. The minimum Gasteiger partial charge on any atom is -0.369 e. The van der Waals surface area contributed by atoms with Gasteiger partial charge in [-0.1, -0.05) is 12.1 Å². The number of thiophene rings is 1. The predicted molar refractivity (Wildman–Crippen MR) is 93.9 cm³/mol. The van der Waals surface area contributed by atoms with E-state index in [-0.39, 0.29) is 17.9 Å². The van der Waals surface area contributed by atoms with Crippen molar-refractivity contribution in [3.8, 4) is 17.2 Å². The summed E-state index contributed by atoms with van der Waals surface area (Å²) in [6, 6.07) is 11.3. The van der Waals surface area contributed by atoms with Crippen LogP contribution in [0, 0.1) is 11.3 Å². The molecule has 0 radical (unpaired) electrons. The fourth-order valence-corrected chi connectivity index (χ4v) is 4.24. The number of hydrogen-bond donors (Lipinski definition) is 1. The molecule has 1 aliphatic rings. The second kappa shape index (κ2) is 6.14. The van der Waals surface area contributed by atoms with Crippen molar-refractivity contribution in [3.05, 3.63) is 44.6 Å². The molecule has 2 N–H and O–H groups in total. The maximum Gasteiger partial charge on any atom is 0.231 e. The number of carbonyl (C=O) groups excluding carboxylic acids is 1. The fourth-order valence-electron chi connectivity index (χ4n) is 2.39. The zero-order chi connectivity index (χ0) is 16.6. The van der Waals surface area contributed by atoms with Crippen LogP contribution in [0.3, 0.4) is 0 Å². The molecule has 1 aromatic carbocycles. The van der Waals surface area contributed by atoms with E-state index in [4.69, 9.17) is 11.0 Å². The Kier molecular flexibility index (Phi) is 4.20. The summed E-state index contributed by atoms with van der Waals surface area (Å²) >= 11 is 5.10. The van der Waals surface area contributed by atoms with Crippen molar-refractivity contribution in [1.29, 1.82) is 5.26 Å². The zero-order valence-electron chi connectivity index (χ0n) is 12.3.